The van der Waals surface area contributed by atoms with E-state index in [0.29, 0.717) is 19.1 Å². The summed E-state index contributed by atoms with van der Waals surface area (Å²) in [7, 11) is 1.61. The molecule has 2 aliphatic heterocycles. The number of aliphatic hydroxyl groups excluding tert-OH is 1. The normalized spacial score (nSPS) is 24.0. The molecule has 3 unspecified atom stereocenters. The van der Waals surface area contributed by atoms with E-state index >= 15 is 0 Å². The summed E-state index contributed by atoms with van der Waals surface area (Å²) < 4.78 is 5.30. The van der Waals surface area contributed by atoms with Gasteiger partial charge in [-0.2, -0.15) is 0 Å². The summed E-state index contributed by atoms with van der Waals surface area (Å²) in [6.45, 7) is 4.53. The average Bonchev–Trinajstić information content (AvgIpc) is 3.04. The van der Waals surface area contributed by atoms with Gasteiger partial charge in [-0.05, 0) is 5.56 Å². The molecule has 3 N–H and O–H groups in total. The van der Waals surface area contributed by atoms with Gasteiger partial charge in [-0.25, -0.2) is 9.79 Å². The summed E-state index contributed by atoms with van der Waals surface area (Å²) >= 11 is 0. The minimum absolute atomic E-state index is 0.0995. The van der Waals surface area contributed by atoms with E-state index < -0.39 is 30.2 Å². The van der Waals surface area contributed by atoms with Crippen LogP contribution in [0.5, 0.6) is 0 Å². The number of rotatable bonds is 8. The minimum Gasteiger partial charge on any atom is -0.389 e. The van der Waals surface area contributed by atoms with Gasteiger partial charge in [-0.1, -0.05) is 36.4 Å². The lowest BCUT2D eigenvalue weighted by molar-refractivity contribution is -0.127. The van der Waals surface area contributed by atoms with Crippen molar-refractivity contribution in [3.63, 3.8) is 0 Å². The number of amides is 3. The van der Waals surface area contributed by atoms with Crippen LogP contribution >= 0.6 is 0 Å². The lowest BCUT2D eigenvalue weighted by Crippen LogP contribution is -2.65. The lowest BCUT2D eigenvalue weighted by Gasteiger charge is -2.35. The molecular formula is C19H25N5O4. The Hall–Kier alpha value is -2.91. The summed E-state index contributed by atoms with van der Waals surface area (Å²) in [6, 6.07) is 8.53. The number of urea groups is 1. The highest BCUT2D eigenvalue weighted by molar-refractivity contribution is 6.04. The Balaban J connectivity index is 1.80. The molecule has 150 valence electrons. The molecule has 0 radical (unpaired) electrons. The van der Waals surface area contributed by atoms with Gasteiger partial charge in [0.2, 0.25) is 0 Å². The first-order valence-corrected chi connectivity index (χ1v) is 9.07. The second-order valence-corrected chi connectivity index (χ2v) is 6.70. The smallest absolute Gasteiger partial charge is 0.325 e. The first-order valence-electron chi connectivity index (χ1n) is 9.07. The molecule has 1 aromatic rings. The van der Waals surface area contributed by atoms with Crippen molar-refractivity contribution in [2.24, 2.45) is 4.99 Å². The molecule has 0 spiro atoms. The number of benzene rings is 1. The van der Waals surface area contributed by atoms with Gasteiger partial charge in [-0.3, -0.25) is 10.1 Å². The van der Waals surface area contributed by atoms with Crippen LogP contribution in [0.1, 0.15) is 5.56 Å². The van der Waals surface area contributed by atoms with Crippen molar-refractivity contribution in [2.45, 2.75) is 24.9 Å². The van der Waals surface area contributed by atoms with E-state index in [1.165, 1.54) is 4.90 Å². The van der Waals surface area contributed by atoms with E-state index in [9.17, 15) is 14.7 Å². The van der Waals surface area contributed by atoms with Gasteiger partial charge in [0.15, 0.2) is 12.0 Å². The van der Waals surface area contributed by atoms with Crippen molar-refractivity contribution in [1.82, 2.24) is 20.4 Å². The number of fused-ring (bicyclic) bond motifs is 1. The largest absolute Gasteiger partial charge is 0.389 e. The molecule has 3 amide bonds. The molecule has 9 nitrogen and oxygen atoms in total. The molecule has 0 aliphatic carbocycles. The second-order valence-electron chi connectivity index (χ2n) is 6.70. The molecule has 0 bridgehead atoms. The number of nitrogens with zero attached hydrogens (tertiary/aromatic N) is 3. The number of imide groups is 1. The fraction of sp³-hybridized carbons (Fsp3) is 0.421. The molecular weight excluding hydrogens is 362 g/mol. The molecule has 9 heteroatoms. The van der Waals surface area contributed by atoms with Crippen LogP contribution in [0.3, 0.4) is 0 Å². The Morgan fingerprint density at radius 3 is 2.82 bits per heavy atom. The highest BCUT2D eigenvalue weighted by Gasteiger charge is 2.50. The van der Waals surface area contributed by atoms with Crippen molar-refractivity contribution in [1.29, 1.82) is 0 Å². The van der Waals surface area contributed by atoms with E-state index in [2.05, 4.69) is 22.2 Å². The van der Waals surface area contributed by atoms with E-state index in [1.807, 2.05) is 30.3 Å². The summed E-state index contributed by atoms with van der Waals surface area (Å²) in [5.41, 5.74) is 1.01. The van der Waals surface area contributed by atoms with Gasteiger partial charge < -0.3 is 25.0 Å². The van der Waals surface area contributed by atoms with E-state index in [0.717, 1.165) is 5.56 Å². The number of likely N-dealkylation sites (N-methyl/N-ethyl adjacent to an activating group) is 1. The summed E-state index contributed by atoms with van der Waals surface area (Å²) in [4.78, 5) is 32.1. The maximum absolute atomic E-state index is 12.5. The standard InChI is InChI=1S/C19H25N5O4/c1-3-9-28-12-14(25)11-24-15-16(23(2)19(27)22-17(15)26)21-18(24)20-10-13-7-5-4-6-8-13/h3-8,14-16,25H,1,9-12H2,2H3,(H,20,21)(H,22,26,27). The monoisotopic (exact) mass is 387 g/mol. The van der Waals surface area contributed by atoms with Crippen molar-refractivity contribution in [3.8, 4) is 0 Å². The van der Waals surface area contributed by atoms with Crippen LogP contribution in [0.25, 0.3) is 0 Å². The molecule has 0 aromatic heterocycles. The van der Waals surface area contributed by atoms with Crippen LogP contribution < -0.4 is 10.6 Å². The highest BCUT2D eigenvalue weighted by Crippen LogP contribution is 2.21. The zero-order valence-corrected chi connectivity index (χ0v) is 15.7. The third-order valence-corrected chi connectivity index (χ3v) is 4.63. The number of aliphatic hydroxyl groups is 1. The van der Waals surface area contributed by atoms with E-state index in [4.69, 9.17) is 4.74 Å². The number of guanidine groups is 1. The lowest BCUT2D eigenvalue weighted by atomic mass is 10.1. The van der Waals surface area contributed by atoms with Gasteiger partial charge in [0.1, 0.15) is 6.17 Å². The zero-order chi connectivity index (χ0) is 20.1. The van der Waals surface area contributed by atoms with Crippen LogP contribution in [0.15, 0.2) is 48.0 Å². The van der Waals surface area contributed by atoms with Crippen molar-refractivity contribution in [2.75, 3.05) is 26.8 Å². The van der Waals surface area contributed by atoms with Crippen molar-refractivity contribution in [3.05, 3.63) is 48.6 Å². The molecule has 2 aliphatic rings. The molecule has 0 saturated carbocycles. The SMILES string of the molecule is C=CCOCC(O)CN1C(=NCc2ccccc2)NC2C1C(=O)NC(=O)N2C. The number of aliphatic imine (C=N–C) groups is 1. The van der Waals surface area contributed by atoms with E-state index in [-0.39, 0.29) is 13.2 Å². The van der Waals surface area contributed by atoms with Crippen LogP contribution in [0.2, 0.25) is 0 Å². The van der Waals surface area contributed by atoms with Crippen LogP contribution in [-0.2, 0) is 16.1 Å². The fourth-order valence-corrected chi connectivity index (χ4v) is 3.24. The quantitative estimate of drug-likeness (QED) is 0.424. The molecule has 2 saturated heterocycles. The zero-order valence-electron chi connectivity index (χ0n) is 15.7. The highest BCUT2D eigenvalue weighted by atomic mass is 16.5. The predicted molar refractivity (Wildman–Crippen MR) is 103 cm³/mol. The Kier molecular flexibility index (Phi) is 6.27. The molecule has 2 fully saturated rings. The second kappa shape index (κ2) is 8.85. The molecule has 28 heavy (non-hydrogen) atoms. The number of β-amino-alcohol motifs (C(OH)–C–C–N with tert-alkyl or cyclic N) is 1. The Morgan fingerprint density at radius 2 is 2.11 bits per heavy atom. The Morgan fingerprint density at radius 1 is 1.36 bits per heavy atom. The number of hydrogen-bond donors (Lipinski definition) is 3. The number of carbonyl (C=O) groups excluding carboxylic acids is 2. The maximum atomic E-state index is 12.5. The number of hydrogen-bond acceptors (Lipinski definition) is 5. The molecule has 1 aromatic carbocycles. The number of ether oxygens (including phenoxy) is 1. The van der Waals surface area contributed by atoms with Crippen molar-refractivity contribution < 1.29 is 19.4 Å². The molecule has 2 heterocycles. The Labute approximate surface area is 163 Å². The first kappa shape index (κ1) is 19.8. The third-order valence-electron chi connectivity index (χ3n) is 4.63. The van der Waals surface area contributed by atoms with Crippen LogP contribution in [-0.4, -0.2) is 77.9 Å². The Bertz CT molecular complexity index is 754. The van der Waals surface area contributed by atoms with Crippen LogP contribution in [0, 0.1) is 0 Å². The number of carbonyl (C=O) groups is 2. The topological polar surface area (TPSA) is 106 Å². The predicted octanol–water partition coefficient (Wildman–Crippen LogP) is -0.112. The average molecular weight is 387 g/mol. The fourth-order valence-electron chi connectivity index (χ4n) is 3.24. The van der Waals surface area contributed by atoms with Gasteiger partial charge >= 0.3 is 6.03 Å². The molecule has 3 atom stereocenters. The van der Waals surface area contributed by atoms with Gasteiger partial charge in [0.25, 0.3) is 5.91 Å². The van der Waals surface area contributed by atoms with Gasteiger partial charge in [0.05, 0.1) is 25.9 Å². The summed E-state index contributed by atoms with van der Waals surface area (Å²) in [5, 5.41) is 15.8. The maximum Gasteiger partial charge on any atom is 0.325 e. The summed E-state index contributed by atoms with van der Waals surface area (Å²) in [5.74, 6) is 0.0306. The van der Waals surface area contributed by atoms with E-state index in [1.54, 1.807) is 18.0 Å². The van der Waals surface area contributed by atoms with Crippen molar-refractivity contribution >= 4 is 17.9 Å². The summed E-state index contributed by atoms with van der Waals surface area (Å²) in [6.07, 6.45) is 0.206. The first-order chi connectivity index (χ1) is 13.5. The van der Waals surface area contributed by atoms with Gasteiger partial charge in [0, 0.05) is 13.6 Å². The number of nitrogens with one attached hydrogen (secondary N) is 2. The van der Waals surface area contributed by atoms with Crippen LogP contribution in [0.4, 0.5) is 4.79 Å². The molecule has 3 rings (SSSR count). The third kappa shape index (κ3) is 4.32. The van der Waals surface area contributed by atoms with Gasteiger partial charge in [-0.15, -0.1) is 6.58 Å². The minimum atomic E-state index is -0.835.